The Bertz CT molecular complexity index is 496. The SMILES string of the molecule is N#Cc1cccc2nc(CCN)oc12. The highest BCUT2D eigenvalue weighted by Gasteiger charge is 2.08. The van der Waals surface area contributed by atoms with Gasteiger partial charge < -0.3 is 10.2 Å². The summed E-state index contributed by atoms with van der Waals surface area (Å²) in [6.45, 7) is 0.495. The zero-order chi connectivity index (χ0) is 9.97. The smallest absolute Gasteiger partial charge is 0.196 e. The molecule has 0 fully saturated rings. The number of hydrogen-bond acceptors (Lipinski definition) is 4. The first-order valence-electron chi connectivity index (χ1n) is 4.33. The number of aromatic nitrogens is 1. The molecule has 2 rings (SSSR count). The molecule has 0 aliphatic heterocycles. The fraction of sp³-hybridized carbons (Fsp3) is 0.200. The lowest BCUT2D eigenvalue weighted by molar-refractivity contribution is 0.530. The molecule has 0 amide bonds. The van der Waals surface area contributed by atoms with Crippen molar-refractivity contribution < 1.29 is 4.42 Å². The van der Waals surface area contributed by atoms with Gasteiger partial charge in [0.1, 0.15) is 11.6 Å². The number of nitrogens with zero attached hydrogens (tertiary/aromatic N) is 2. The molecule has 1 aromatic heterocycles. The molecule has 0 aliphatic rings. The van der Waals surface area contributed by atoms with E-state index in [-0.39, 0.29) is 0 Å². The molecule has 0 saturated carbocycles. The number of nitriles is 1. The van der Waals surface area contributed by atoms with Gasteiger partial charge in [0.05, 0.1) is 5.56 Å². The summed E-state index contributed by atoms with van der Waals surface area (Å²) < 4.78 is 5.42. The summed E-state index contributed by atoms with van der Waals surface area (Å²) in [6, 6.07) is 7.37. The largest absolute Gasteiger partial charge is 0.439 e. The third kappa shape index (κ3) is 1.34. The highest BCUT2D eigenvalue weighted by Crippen LogP contribution is 2.19. The fourth-order valence-corrected chi connectivity index (χ4v) is 1.31. The van der Waals surface area contributed by atoms with Gasteiger partial charge in [0, 0.05) is 13.0 Å². The third-order valence-electron chi connectivity index (χ3n) is 1.94. The summed E-state index contributed by atoms with van der Waals surface area (Å²) >= 11 is 0. The highest BCUT2D eigenvalue weighted by atomic mass is 16.3. The quantitative estimate of drug-likeness (QED) is 0.766. The van der Waals surface area contributed by atoms with Crippen LogP contribution < -0.4 is 5.73 Å². The van der Waals surface area contributed by atoms with E-state index in [2.05, 4.69) is 11.1 Å². The fourth-order valence-electron chi connectivity index (χ4n) is 1.31. The van der Waals surface area contributed by atoms with Gasteiger partial charge in [-0.25, -0.2) is 4.98 Å². The third-order valence-corrected chi connectivity index (χ3v) is 1.94. The molecule has 1 aromatic carbocycles. The van der Waals surface area contributed by atoms with Crippen LogP contribution in [-0.2, 0) is 6.42 Å². The lowest BCUT2D eigenvalue weighted by Gasteiger charge is -1.88. The molecule has 2 aromatic rings. The van der Waals surface area contributed by atoms with Crippen molar-refractivity contribution in [2.45, 2.75) is 6.42 Å². The second-order valence-corrected chi connectivity index (χ2v) is 2.91. The second-order valence-electron chi connectivity index (χ2n) is 2.91. The van der Waals surface area contributed by atoms with Crippen LogP contribution in [0.1, 0.15) is 11.5 Å². The summed E-state index contributed by atoms with van der Waals surface area (Å²) in [7, 11) is 0. The molecule has 0 bridgehead atoms. The molecule has 70 valence electrons. The maximum Gasteiger partial charge on any atom is 0.196 e. The molecule has 14 heavy (non-hydrogen) atoms. The van der Waals surface area contributed by atoms with E-state index in [1.54, 1.807) is 12.1 Å². The van der Waals surface area contributed by atoms with Crippen molar-refractivity contribution in [1.29, 1.82) is 5.26 Å². The van der Waals surface area contributed by atoms with Crippen molar-refractivity contribution in [2.24, 2.45) is 5.73 Å². The maximum absolute atomic E-state index is 8.81. The van der Waals surface area contributed by atoms with Gasteiger partial charge in [-0.3, -0.25) is 0 Å². The van der Waals surface area contributed by atoms with E-state index in [9.17, 15) is 0 Å². The van der Waals surface area contributed by atoms with Crippen LogP contribution in [0.25, 0.3) is 11.1 Å². The lowest BCUT2D eigenvalue weighted by atomic mass is 10.2. The van der Waals surface area contributed by atoms with E-state index in [1.165, 1.54) is 0 Å². The standard InChI is InChI=1S/C10H9N3O/c11-5-4-9-13-8-3-1-2-7(6-12)10(8)14-9/h1-3H,4-5,11H2. The Morgan fingerprint density at radius 2 is 2.36 bits per heavy atom. The van der Waals surface area contributed by atoms with Gasteiger partial charge in [0.25, 0.3) is 0 Å². The summed E-state index contributed by atoms with van der Waals surface area (Å²) in [6.07, 6.45) is 0.597. The van der Waals surface area contributed by atoms with Crippen LogP contribution in [0.4, 0.5) is 0 Å². The number of rotatable bonds is 2. The average molecular weight is 187 g/mol. The van der Waals surface area contributed by atoms with Crippen LogP contribution in [0.5, 0.6) is 0 Å². The first kappa shape index (κ1) is 8.73. The Kier molecular flexibility index (Phi) is 2.17. The van der Waals surface area contributed by atoms with Gasteiger partial charge in [-0.1, -0.05) is 6.07 Å². The van der Waals surface area contributed by atoms with Crippen molar-refractivity contribution in [3.8, 4) is 6.07 Å². The van der Waals surface area contributed by atoms with Gasteiger partial charge in [-0.05, 0) is 12.1 Å². The second kappa shape index (κ2) is 3.48. The van der Waals surface area contributed by atoms with E-state index in [0.717, 1.165) is 0 Å². The van der Waals surface area contributed by atoms with Crippen molar-refractivity contribution in [1.82, 2.24) is 4.98 Å². The molecule has 0 saturated heterocycles. The Labute approximate surface area is 81.0 Å². The molecule has 0 radical (unpaired) electrons. The minimum absolute atomic E-state index is 0.495. The molecule has 2 N–H and O–H groups in total. The number of fused-ring (bicyclic) bond motifs is 1. The number of para-hydroxylation sites is 1. The molecular weight excluding hydrogens is 178 g/mol. The highest BCUT2D eigenvalue weighted by molar-refractivity contribution is 5.78. The number of benzene rings is 1. The molecule has 1 heterocycles. The molecule has 0 atom stereocenters. The summed E-state index contributed by atoms with van der Waals surface area (Å²) in [4.78, 5) is 4.21. The van der Waals surface area contributed by atoms with Gasteiger partial charge >= 0.3 is 0 Å². The van der Waals surface area contributed by atoms with Crippen LogP contribution >= 0.6 is 0 Å². The Hall–Kier alpha value is -1.86. The van der Waals surface area contributed by atoms with Crippen molar-refractivity contribution in [3.05, 3.63) is 29.7 Å². The Morgan fingerprint density at radius 1 is 1.50 bits per heavy atom. The maximum atomic E-state index is 8.81. The molecule has 0 aliphatic carbocycles. The average Bonchev–Trinajstić information content (AvgIpc) is 2.60. The van der Waals surface area contributed by atoms with Gasteiger partial charge in [-0.2, -0.15) is 5.26 Å². The van der Waals surface area contributed by atoms with Crippen LogP contribution in [0.3, 0.4) is 0 Å². The molecule has 0 unspecified atom stereocenters. The summed E-state index contributed by atoms with van der Waals surface area (Å²) in [5.41, 5.74) is 7.17. The van der Waals surface area contributed by atoms with Crippen LogP contribution in [-0.4, -0.2) is 11.5 Å². The van der Waals surface area contributed by atoms with Gasteiger partial charge in [0.2, 0.25) is 0 Å². The molecule has 4 heteroatoms. The normalized spacial score (nSPS) is 10.3. The Balaban J connectivity index is 2.60. The minimum atomic E-state index is 0.495. The zero-order valence-electron chi connectivity index (χ0n) is 7.53. The van der Waals surface area contributed by atoms with E-state index in [4.69, 9.17) is 15.4 Å². The molecule has 0 spiro atoms. The molecule has 4 nitrogen and oxygen atoms in total. The van der Waals surface area contributed by atoms with Crippen molar-refractivity contribution >= 4 is 11.1 Å². The minimum Gasteiger partial charge on any atom is -0.439 e. The predicted octanol–water partition coefficient (Wildman–Crippen LogP) is 1.20. The topological polar surface area (TPSA) is 75.8 Å². The van der Waals surface area contributed by atoms with Gasteiger partial charge in [0.15, 0.2) is 11.5 Å². The van der Waals surface area contributed by atoms with E-state index in [0.29, 0.717) is 35.5 Å². The van der Waals surface area contributed by atoms with E-state index < -0.39 is 0 Å². The monoisotopic (exact) mass is 187 g/mol. The predicted molar refractivity (Wildman–Crippen MR) is 51.5 cm³/mol. The van der Waals surface area contributed by atoms with Crippen molar-refractivity contribution in [3.63, 3.8) is 0 Å². The van der Waals surface area contributed by atoms with Crippen LogP contribution in [0.2, 0.25) is 0 Å². The summed E-state index contributed by atoms with van der Waals surface area (Å²) in [5.74, 6) is 0.588. The zero-order valence-corrected chi connectivity index (χ0v) is 7.53. The van der Waals surface area contributed by atoms with Crippen LogP contribution in [0.15, 0.2) is 22.6 Å². The van der Waals surface area contributed by atoms with Gasteiger partial charge in [-0.15, -0.1) is 0 Å². The lowest BCUT2D eigenvalue weighted by Crippen LogP contribution is -2.02. The van der Waals surface area contributed by atoms with Crippen LogP contribution in [0, 0.1) is 11.3 Å². The number of oxazole rings is 1. The number of nitrogens with two attached hydrogens (primary N) is 1. The molecular formula is C10H9N3O. The summed E-state index contributed by atoms with van der Waals surface area (Å²) in [5, 5.41) is 8.81. The first-order chi connectivity index (χ1) is 6.85. The van der Waals surface area contributed by atoms with Crippen molar-refractivity contribution in [2.75, 3.05) is 6.54 Å². The van der Waals surface area contributed by atoms with E-state index >= 15 is 0 Å². The first-order valence-corrected chi connectivity index (χ1v) is 4.33. The Morgan fingerprint density at radius 3 is 3.07 bits per heavy atom. The number of hydrogen-bond donors (Lipinski definition) is 1. The van der Waals surface area contributed by atoms with E-state index in [1.807, 2.05) is 6.07 Å².